The molecule has 0 aromatic heterocycles. The highest BCUT2D eigenvalue weighted by atomic mass is 14.0. The molecular formula is C12H17B. The molecule has 0 atom stereocenters. The van der Waals surface area contributed by atoms with Crippen LogP contribution in [0.4, 0.5) is 0 Å². The first kappa shape index (κ1) is 10.4. The normalized spacial score (nSPS) is 10.4. The van der Waals surface area contributed by atoms with E-state index in [1.54, 1.807) is 0 Å². The van der Waals surface area contributed by atoms with E-state index in [1.807, 2.05) is 0 Å². The number of hydrogen-bond donors (Lipinski definition) is 0. The summed E-state index contributed by atoms with van der Waals surface area (Å²) in [5.74, 6) is 0. The zero-order valence-corrected chi connectivity index (χ0v) is 8.85. The average molecular weight is 172 g/mol. The summed E-state index contributed by atoms with van der Waals surface area (Å²) in [5, 5.41) is 0. The largest absolute Gasteiger partial charge is 0.114 e. The lowest BCUT2D eigenvalue weighted by Crippen LogP contribution is -2.12. The van der Waals surface area contributed by atoms with E-state index in [9.17, 15) is 0 Å². The third-order valence-corrected chi connectivity index (χ3v) is 2.47. The van der Waals surface area contributed by atoms with Gasteiger partial charge in [0.25, 0.3) is 0 Å². The molecule has 0 bridgehead atoms. The summed E-state index contributed by atoms with van der Waals surface area (Å²) in [4.78, 5) is 0. The van der Waals surface area contributed by atoms with Gasteiger partial charge in [0.15, 0.2) is 0 Å². The lowest BCUT2D eigenvalue weighted by Gasteiger charge is -2.08. The molecule has 1 heteroatoms. The van der Waals surface area contributed by atoms with E-state index >= 15 is 0 Å². The molecule has 1 aromatic rings. The number of unbranched alkanes of at least 4 members (excludes halogenated alkanes) is 1. The van der Waals surface area contributed by atoms with Crippen molar-refractivity contribution in [2.24, 2.45) is 0 Å². The predicted octanol–water partition coefficient (Wildman–Crippen LogP) is 2.44. The Morgan fingerprint density at radius 1 is 1.15 bits per heavy atom. The van der Waals surface area contributed by atoms with Crippen LogP contribution in [0.2, 0.25) is 0 Å². The van der Waals surface area contributed by atoms with Gasteiger partial charge in [0.05, 0.1) is 0 Å². The van der Waals surface area contributed by atoms with E-state index < -0.39 is 0 Å². The van der Waals surface area contributed by atoms with Gasteiger partial charge >= 0.3 is 0 Å². The molecule has 0 saturated carbocycles. The van der Waals surface area contributed by atoms with E-state index in [2.05, 4.69) is 32.9 Å². The maximum absolute atomic E-state index is 5.88. The molecule has 68 valence electrons. The Kier molecular flexibility index (Phi) is 3.59. The van der Waals surface area contributed by atoms with Gasteiger partial charge in [0.2, 0.25) is 0 Å². The van der Waals surface area contributed by atoms with Gasteiger partial charge in [-0.05, 0) is 32.3 Å². The van der Waals surface area contributed by atoms with Crippen molar-refractivity contribution in [1.82, 2.24) is 0 Å². The first-order chi connectivity index (χ1) is 6.15. The Balaban J connectivity index is 2.86. The minimum atomic E-state index is 0.945. The Morgan fingerprint density at radius 3 is 2.15 bits per heavy atom. The molecule has 0 heterocycles. The highest BCUT2D eigenvalue weighted by molar-refractivity contribution is 6.34. The Bertz CT molecular complexity index is 266. The highest BCUT2D eigenvalue weighted by Crippen LogP contribution is 2.09. The number of benzene rings is 1. The lowest BCUT2D eigenvalue weighted by molar-refractivity contribution is 0.794. The van der Waals surface area contributed by atoms with E-state index in [1.165, 1.54) is 36.0 Å². The van der Waals surface area contributed by atoms with E-state index in [-0.39, 0.29) is 0 Å². The second kappa shape index (κ2) is 4.50. The van der Waals surface area contributed by atoms with E-state index in [4.69, 9.17) is 7.85 Å². The van der Waals surface area contributed by atoms with Gasteiger partial charge < -0.3 is 0 Å². The zero-order valence-electron chi connectivity index (χ0n) is 8.85. The molecule has 0 aliphatic rings. The first-order valence-corrected chi connectivity index (χ1v) is 5.00. The predicted molar refractivity (Wildman–Crippen MR) is 59.9 cm³/mol. The molecule has 2 radical (unpaired) electrons. The molecule has 0 nitrogen and oxygen atoms in total. The van der Waals surface area contributed by atoms with Crippen molar-refractivity contribution >= 4 is 13.3 Å². The lowest BCUT2D eigenvalue weighted by atomic mass is 9.85. The molecule has 0 amide bonds. The van der Waals surface area contributed by atoms with Gasteiger partial charge in [-0.3, -0.25) is 0 Å². The third kappa shape index (κ3) is 2.62. The van der Waals surface area contributed by atoms with Crippen LogP contribution in [0, 0.1) is 13.8 Å². The molecule has 0 aliphatic heterocycles. The fraction of sp³-hybridized carbons (Fsp3) is 0.500. The van der Waals surface area contributed by atoms with Gasteiger partial charge in [-0.1, -0.05) is 42.1 Å². The Hall–Kier alpha value is -0.715. The van der Waals surface area contributed by atoms with Crippen molar-refractivity contribution in [3.8, 4) is 0 Å². The van der Waals surface area contributed by atoms with Crippen molar-refractivity contribution in [2.45, 2.75) is 40.0 Å². The minimum Gasteiger partial charge on any atom is -0.0909 e. The van der Waals surface area contributed by atoms with Crippen molar-refractivity contribution in [3.05, 3.63) is 28.8 Å². The van der Waals surface area contributed by atoms with Crippen molar-refractivity contribution in [1.29, 1.82) is 0 Å². The molecule has 0 unspecified atom stereocenters. The summed E-state index contributed by atoms with van der Waals surface area (Å²) in [6.45, 7) is 6.38. The fourth-order valence-corrected chi connectivity index (χ4v) is 1.59. The molecule has 0 saturated heterocycles. The number of rotatable bonds is 3. The summed E-state index contributed by atoms with van der Waals surface area (Å²) in [6, 6.07) is 4.41. The smallest absolute Gasteiger partial charge is 0.0909 e. The molecular weight excluding hydrogens is 155 g/mol. The van der Waals surface area contributed by atoms with Gasteiger partial charge in [-0.25, -0.2) is 0 Å². The quantitative estimate of drug-likeness (QED) is 0.614. The van der Waals surface area contributed by atoms with Crippen LogP contribution in [0.15, 0.2) is 12.1 Å². The average Bonchev–Trinajstić information content (AvgIpc) is 2.10. The maximum Gasteiger partial charge on any atom is 0.114 e. The molecule has 13 heavy (non-hydrogen) atoms. The van der Waals surface area contributed by atoms with Crippen LogP contribution in [-0.2, 0) is 6.42 Å². The maximum atomic E-state index is 5.88. The van der Waals surface area contributed by atoms with Gasteiger partial charge in [-0.15, -0.1) is 0 Å². The summed E-state index contributed by atoms with van der Waals surface area (Å²) >= 11 is 0. The topological polar surface area (TPSA) is 0 Å². The standard InChI is InChI=1S/C12H17B/c1-4-5-6-11-7-9(2)12(13)10(3)8-11/h7-8H,4-6H2,1-3H3. The van der Waals surface area contributed by atoms with E-state index in [0.29, 0.717) is 0 Å². The van der Waals surface area contributed by atoms with Gasteiger partial charge in [0.1, 0.15) is 7.85 Å². The number of aryl methyl sites for hydroxylation is 3. The summed E-state index contributed by atoms with van der Waals surface area (Å²) in [6.07, 6.45) is 3.70. The first-order valence-electron chi connectivity index (χ1n) is 5.00. The minimum absolute atomic E-state index is 0.945. The van der Waals surface area contributed by atoms with Crippen LogP contribution in [0.3, 0.4) is 0 Å². The molecule has 0 aliphatic carbocycles. The van der Waals surface area contributed by atoms with Crippen LogP contribution in [-0.4, -0.2) is 7.85 Å². The fourth-order valence-electron chi connectivity index (χ4n) is 1.59. The molecule has 0 fully saturated rings. The molecule has 0 N–H and O–H groups in total. The molecule has 1 aromatic carbocycles. The van der Waals surface area contributed by atoms with Crippen LogP contribution >= 0.6 is 0 Å². The summed E-state index contributed by atoms with van der Waals surface area (Å²) in [7, 11) is 5.88. The Labute approximate surface area is 82.8 Å². The zero-order chi connectivity index (χ0) is 9.84. The summed E-state index contributed by atoms with van der Waals surface area (Å²) in [5.41, 5.74) is 4.79. The van der Waals surface area contributed by atoms with Crippen LogP contribution in [0.25, 0.3) is 0 Å². The van der Waals surface area contributed by atoms with Crippen molar-refractivity contribution < 1.29 is 0 Å². The second-order valence-electron chi connectivity index (χ2n) is 3.75. The SMILES string of the molecule is [B]c1c(C)cc(CCCC)cc1C. The monoisotopic (exact) mass is 172 g/mol. The highest BCUT2D eigenvalue weighted by Gasteiger charge is 1.99. The Morgan fingerprint density at radius 2 is 1.69 bits per heavy atom. The van der Waals surface area contributed by atoms with Crippen molar-refractivity contribution in [2.75, 3.05) is 0 Å². The van der Waals surface area contributed by atoms with E-state index in [0.717, 1.165) is 5.46 Å². The van der Waals surface area contributed by atoms with Gasteiger partial charge in [0, 0.05) is 0 Å². The summed E-state index contributed by atoms with van der Waals surface area (Å²) < 4.78 is 0. The second-order valence-corrected chi connectivity index (χ2v) is 3.75. The van der Waals surface area contributed by atoms with Crippen LogP contribution in [0.5, 0.6) is 0 Å². The van der Waals surface area contributed by atoms with Crippen LogP contribution in [0.1, 0.15) is 36.5 Å². The third-order valence-electron chi connectivity index (χ3n) is 2.47. The van der Waals surface area contributed by atoms with Crippen LogP contribution < -0.4 is 5.46 Å². The number of hydrogen-bond acceptors (Lipinski definition) is 0. The molecule has 0 spiro atoms. The van der Waals surface area contributed by atoms with Gasteiger partial charge in [-0.2, -0.15) is 0 Å². The van der Waals surface area contributed by atoms with Crippen molar-refractivity contribution in [3.63, 3.8) is 0 Å². The molecule has 1 rings (SSSR count).